The summed E-state index contributed by atoms with van der Waals surface area (Å²) in [6, 6.07) is 4.45. The van der Waals surface area contributed by atoms with Gasteiger partial charge in [-0.3, -0.25) is 9.79 Å². The average molecular weight is 361 g/mol. The Balaban J connectivity index is 1.58. The van der Waals surface area contributed by atoms with E-state index in [2.05, 4.69) is 10.2 Å². The number of furan rings is 1. The van der Waals surface area contributed by atoms with Crippen molar-refractivity contribution in [3.05, 3.63) is 24.2 Å². The van der Waals surface area contributed by atoms with Crippen molar-refractivity contribution in [2.75, 3.05) is 32.7 Å². The van der Waals surface area contributed by atoms with E-state index in [4.69, 9.17) is 9.41 Å². The Morgan fingerprint density at radius 3 is 2.54 bits per heavy atom. The summed E-state index contributed by atoms with van der Waals surface area (Å²) in [5, 5.41) is 3.67. The van der Waals surface area contributed by atoms with Gasteiger partial charge in [0, 0.05) is 51.1 Å². The molecular weight excluding hydrogens is 328 g/mol. The Morgan fingerprint density at radius 2 is 1.92 bits per heavy atom. The van der Waals surface area contributed by atoms with Crippen LogP contribution in [0.3, 0.4) is 0 Å². The number of rotatable bonds is 5. The van der Waals surface area contributed by atoms with Crippen molar-refractivity contribution in [1.29, 1.82) is 0 Å². The van der Waals surface area contributed by atoms with Crippen molar-refractivity contribution >= 4 is 11.9 Å². The molecule has 0 aromatic carbocycles. The molecule has 0 atom stereocenters. The van der Waals surface area contributed by atoms with E-state index >= 15 is 0 Å². The van der Waals surface area contributed by atoms with E-state index in [9.17, 15) is 4.79 Å². The van der Waals surface area contributed by atoms with Crippen molar-refractivity contribution in [3.63, 3.8) is 0 Å². The van der Waals surface area contributed by atoms with Gasteiger partial charge in [0.05, 0.1) is 6.26 Å². The van der Waals surface area contributed by atoms with Gasteiger partial charge in [-0.2, -0.15) is 0 Å². The first kappa shape index (κ1) is 18.8. The molecule has 2 fully saturated rings. The fourth-order valence-electron chi connectivity index (χ4n) is 3.72. The maximum atomic E-state index is 12.2. The largest absolute Gasteiger partial charge is 0.469 e. The molecule has 0 spiro atoms. The van der Waals surface area contributed by atoms with Gasteiger partial charge in [0.15, 0.2) is 5.96 Å². The summed E-state index contributed by atoms with van der Waals surface area (Å²) in [5.74, 6) is 2.30. The van der Waals surface area contributed by atoms with Crippen LogP contribution in [0.5, 0.6) is 0 Å². The number of piperazine rings is 1. The number of nitrogens with zero attached hydrogens (tertiary/aromatic N) is 3. The summed E-state index contributed by atoms with van der Waals surface area (Å²) in [7, 11) is 0. The van der Waals surface area contributed by atoms with E-state index in [-0.39, 0.29) is 11.8 Å². The standard InChI is InChI=1S/C20H32N4O2/c1-16(2)19(25)23-11-13-24(14-12-23)20(22-17-6-3-4-7-17)21-10-9-18-8-5-15-26-18/h5,8,15-17H,3-4,6-7,9-14H2,1-2H3,(H,21,22). The van der Waals surface area contributed by atoms with Crippen LogP contribution < -0.4 is 5.32 Å². The lowest BCUT2D eigenvalue weighted by atomic mass is 10.1. The summed E-state index contributed by atoms with van der Waals surface area (Å²) >= 11 is 0. The molecule has 0 radical (unpaired) electrons. The molecule has 6 heteroatoms. The third-order valence-corrected chi connectivity index (χ3v) is 5.27. The molecule has 1 aromatic heterocycles. The third-order valence-electron chi connectivity index (χ3n) is 5.27. The smallest absolute Gasteiger partial charge is 0.225 e. The SMILES string of the molecule is CC(C)C(=O)N1CCN(C(=NCCc2ccco2)NC2CCCC2)CC1. The first-order chi connectivity index (χ1) is 12.6. The molecule has 2 aliphatic rings. The van der Waals surface area contributed by atoms with E-state index in [1.807, 2.05) is 30.9 Å². The maximum Gasteiger partial charge on any atom is 0.225 e. The van der Waals surface area contributed by atoms with Crippen LogP contribution in [-0.2, 0) is 11.2 Å². The molecule has 3 rings (SSSR count). The molecule has 0 unspecified atom stereocenters. The van der Waals surface area contributed by atoms with E-state index < -0.39 is 0 Å². The Kier molecular flexibility index (Phi) is 6.58. The average Bonchev–Trinajstić information content (AvgIpc) is 3.34. The number of amides is 1. The number of carbonyl (C=O) groups excluding carboxylic acids is 1. The van der Waals surface area contributed by atoms with Crippen LogP contribution in [0.25, 0.3) is 0 Å². The summed E-state index contributed by atoms with van der Waals surface area (Å²) in [4.78, 5) is 21.4. The second-order valence-corrected chi connectivity index (χ2v) is 7.63. The maximum absolute atomic E-state index is 12.2. The number of hydrogen-bond acceptors (Lipinski definition) is 3. The molecule has 1 amide bonds. The zero-order valence-corrected chi connectivity index (χ0v) is 16.1. The molecule has 1 aliphatic heterocycles. The Hall–Kier alpha value is -1.98. The Labute approximate surface area is 156 Å². The van der Waals surface area contributed by atoms with Gasteiger partial charge >= 0.3 is 0 Å². The van der Waals surface area contributed by atoms with Gasteiger partial charge in [-0.25, -0.2) is 0 Å². The lowest BCUT2D eigenvalue weighted by Gasteiger charge is -2.38. The normalized spacial score (nSPS) is 19.4. The van der Waals surface area contributed by atoms with Crippen LogP contribution in [0.1, 0.15) is 45.3 Å². The minimum atomic E-state index is 0.0691. The van der Waals surface area contributed by atoms with Gasteiger partial charge in [-0.05, 0) is 25.0 Å². The van der Waals surface area contributed by atoms with Crippen LogP contribution >= 0.6 is 0 Å². The highest BCUT2D eigenvalue weighted by atomic mass is 16.3. The highest BCUT2D eigenvalue weighted by Gasteiger charge is 2.26. The highest BCUT2D eigenvalue weighted by Crippen LogP contribution is 2.18. The molecule has 2 heterocycles. The van der Waals surface area contributed by atoms with Gasteiger partial charge in [0.2, 0.25) is 5.91 Å². The number of carbonyl (C=O) groups is 1. The van der Waals surface area contributed by atoms with Gasteiger partial charge < -0.3 is 19.5 Å². The predicted molar refractivity (Wildman–Crippen MR) is 103 cm³/mol. The van der Waals surface area contributed by atoms with Crippen molar-refractivity contribution in [2.24, 2.45) is 10.9 Å². The van der Waals surface area contributed by atoms with Crippen LogP contribution in [0.4, 0.5) is 0 Å². The molecular formula is C20H32N4O2. The molecule has 6 nitrogen and oxygen atoms in total. The van der Waals surface area contributed by atoms with Gasteiger partial charge in [-0.1, -0.05) is 26.7 Å². The van der Waals surface area contributed by atoms with Crippen LogP contribution in [0, 0.1) is 5.92 Å². The van der Waals surface area contributed by atoms with Gasteiger partial charge in [0.25, 0.3) is 0 Å². The Bertz CT molecular complexity index is 583. The fraction of sp³-hybridized carbons (Fsp3) is 0.700. The van der Waals surface area contributed by atoms with Gasteiger partial charge in [0.1, 0.15) is 5.76 Å². The van der Waals surface area contributed by atoms with Gasteiger partial charge in [-0.15, -0.1) is 0 Å². The van der Waals surface area contributed by atoms with Crippen molar-refractivity contribution < 1.29 is 9.21 Å². The van der Waals surface area contributed by atoms with Crippen LogP contribution in [-0.4, -0.2) is 60.4 Å². The second kappa shape index (κ2) is 9.10. The van der Waals surface area contributed by atoms with E-state index in [0.717, 1.165) is 44.3 Å². The molecule has 1 aliphatic carbocycles. The quantitative estimate of drug-likeness (QED) is 0.647. The number of guanidine groups is 1. The molecule has 1 saturated carbocycles. The molecule has 144 valence electrons. The number of nitrogens with one attached hydrogen (secondary N) is 1. The monoisotopic (exact) mass is 360 g/mol. The summed E-state index contributed by atoms with van der Waals surface area (Å²) in [6.07, 6.45) is 7.57. The summed E-state index contributed by atoms with van der Waals surface area (Å²) < 4.78 is 5.41. The van der Waals surface area contributed by atoms with E-state index in [1.54, 1.807) is 6.26 Å². The zero-order valence-electron chi connectivity index (χ0n) is 16.1. The highest BCUT2D eigenvalue weighted by molar-refractivity contribution is 5.81. The zero-order chi connectivity index (χ0) is 18.4. The minimum absolute atomic E-state index is 0.0691. The first-order valence-electron chi connectivity index (χ1n) is 10.0. The minimum Gasteiger partial charge on any atom is -0.469 e. The van der Waals surface area contributed by atoms with Crippen molar-refractivity contribution in [1.82, 2.24) is 15.1 Å². The molecule has 1 N–H and O–H groups in total. The topological polar surface area (TPSA) is 61.1 Å². The molecule has 1 aromatic rings. The second-order valence-electron chi connectivity index (χ2n) is 7.63. The van der Waals surface area contributed by atoms with Crippen LogP contribution in [0.15, 0.2) is 27.8 Å². The molecule has 1 saturated heterocycles. The fourth-order valence-corrected chi connectivity index (χ4v) is 3.72. The predicted octanol–water partition coefficient (Wildman–Crippen LogP) is 2.51. The molecule has 26 heavy (non-hydrogen) atoms. The van der Waals surface area contributed by atoms with Crippen molar-refractivity contribution in [3.8, 4) is 0 Å². The lowest BCUT2D eigenvalue weighted by Crippen LogP contribution is -2.55. The third kappa shape index (κ3) is 5.02. The first-order valence-corrected chi connectivity index (χ1v) is 10.0. The summed E-state index contributed by atoms with van der Waals surface area (Å²) in [5.41, 5.74) is 0. The lowest BCUT2D eigenvalue weighted by molar-refractivity contribution is -0.135. The number of hydrogen-bond donors (Lipinski definition) is 1. The van der Waals surface area contributed by atoms with E-state index in [0.29, 0.717) is 12.6 Å². The van der Waals surface area contributed by atoms with Crippen molar-refractivity contribution in [2.45, 2.75) is 52.0 Å². The Morgan fingerprint density at radius 1 is 1.23 bits per heavy atom. The summed E-state index contributed by atoms with van der Waals surface area (Å²) in [6.45, 7) is 7.90. The van der Waals surface area contributed by atoms with E-state index in [1.165, 1.54) is 25.7 Å². The molecule has 0 bridgehead atoms. The number of aliphatic imine (C=N–C) groups is 1. The van der Waals surface area contributed by atoms with Crippen LogP contribution in [0.2, 0.25) is 0 Å².